The molecule has 1 atom stereocenters. The van der Waals surface area contributed by atoms with Gasteiger partial charge in [-0.25, -0.2) is 4.39 Å². The number of ether oxygens (including phenoxy) is 1. The Morgan fingerprint density at radius 1 is 1.29 bits per heavy atom. The van der Waals surface area contributed by atoms with E-state index in [4.69, 9.17) is 4.74 Å². The van der Waals surface area contributed by atoms with Crippen molar-refractivity contribution >= 4 is 21.8 Å². The van der Waals surface area contributed by atoms with E-state index in [1.165, 1.54) is 12.1 Å². The quantitative estimate of drug-likeness (QED) is 0.859. The first-order chi connectivity index (χ1) is 11.5. The summed E-state index contributed by atoms with van der Waals surface area (Å²) in [6.45, 7) is 1.67. The highest BCUT2D eigenvalue weighted by Gasteiger charge is 2.24. The van der Waals surface area contributed by atoms with Crippen molar-refractivity contribution in [2.75, 3.05) is 20.1 Å². The summed E-state index contributed by atoms with van der Waals surface area (Å²) >= 11 is 3.34. The van der Waals surface area contributed by atoms with Crippen LogP contribution in [0.5, 0.6) is 11.5 Å². The molecule has 126 valence electrons. The van der Waals surface area contributed by atoms with E-state index in [1.807, 2.05) is 12.1 Å². The summed E-state index contributed by atoms with van der Waals surface area (Å²) in [5.74, 6) is -0.108. The SMILES string of the molecule is CN(C(=O)c1ccc(Oc2ccc(Br)cc2)c(F)c1)C1CCNC1. The molecule has 24 heavy (non-hydrogen) atoms. The number of likely N-dealkylation sites (N-methyl/N-ethyl adjacent to an activating group) is 1. The molecule has 0 bridgehead atoms. The number of carbonyl (C=O) groups excluding carboxylic acids is 1. The summed E-state index contributed by atoms with van der Waals surface area (Å²) in [5.41, 5.74) is 0.324. The van der Waals surface area contributed by atoms with Crippen molar-refractivity contribution in [1.29, 1.82) is 0 Å². The van der Waals surface area contributed by atoms with Crippen LogP contribution in [0.1, 0.15) is 16.8 Å². The highest BCUT2D eigenvalue weighted by Crippen LogP contribution is 2.27. The number of carbonyl (C=O) groups is 1. The van der Waals surface area contributed by atoms with E-state index < -0.39 is 5.82 Å². The van der Waals surface area contributed by atoms with E-state index in [1.54, 1.807) is 30.1 Å². The number of nitrogens with zero attached hydrogens (tertiary/aromatic N) is 1. The average molecular weight is 393 g/mol. The maximum Gasteiger partial charge on any atom is 0.253 e. The third-order valence-corrected chi connectivity index (χ3v) is 4.65. The molecule has 1 saturated heterocycles. The first-order valence-corrected chi connectivity index (χ1v) is 8.55. The van der Waals surface area contributed by atoms with Gasteiger partial charge in [0.15, 0.2) is 11.6 Å². The summed E-state index contributed by atoms with van der Waals surface area (Å²) in [5, 5.41) is 3.22. The molecule has 1 amide bonds. The molecule has 6 heteroatoms. The molecule has 0 radical (unpaired) electrons. The molecular formula is C18H18BrFN2O2. The van der Waals surface area contributed by atoms with Crippen molar-refractivity contribution in [3.63, 3.8) is 0 Å². The molecule has 1 unspecified atom stereocenters. The predicted octanol–water partition coefficient (Wildman–Crippen LogP) is 3.81. The smallest absolute Gasteiger partial charge is 0.253 e. The standard InChI is InChI=1S/C18H18BrFN2O2/c1-22(14-8-9-21-11-14)18(23)12-2-7-17(16(20)10-12)24-15-5-3-13(19)4-6-15/h2-7,10,14,21H,8-9,11H2,1H3. The Bertz CT molecular complexity index is 730. The van der Waals surface area contributed by atoms with E-state index >= 15 is 0 Å². The van der Waals surface area contributed by atoms with Crippen LogP contribution in [-0.2, 0) is 0 Å². The topological polar surface area (TPSA) is 41.6 Å². The van der Waals surface area contributed by atoms with Crippen molar-refractivity contribution in [2.45, 2.75) is 12.5 Å². The second kappa shape index (κ2) is 7.32. The minimum absolute atomic E-state index is 0.0964. The van der Waals surface area contributed by atoms with Crippen molar-refractivity contribution < 1.29 is 13.9 Å². The first kappa shape index (κ1) is 16.9. The number of halogens is 2. The zero-order valence-electron chi connectivity index (χ0n) is 13.3. The van der Waals surface area contributed by atoms with Crippen molar-refractivity contribution in [3.8, 4) is 11.5 Å². The molecule has 1 heterocycles. The number of amides is 1. The molecule has 0 aromatic heterocycles. The summed E-state index contributed by atoms with van der Waals surface area (Å²) < 4.78 is 20.7. The molecule has 4 nitrogen and oxygen atoms in total. The highest BCUT2D eigenvalue weighted by atomic mass is 79.9. The van der Waals surface area contributed by atoms with Gasteiger partial charge in [0, 0.05) is 29.7 Å². The Morgan fingerprint density at radius 2 is 2.04 bits per heavy atom. The molecule has 1 N–H and O–H groups in total. The number of hydrogen-bond donors (Lipinski definition) is 1. The zero-order chi connectivity index (χ0) is 17.1. The van der Waals surface area contributed by atoms with E-state index in [2.05, 4.69) is 21.2 Å². The molecule has 3 rings (SSSR count). The predicted molar refractivity (Wildman–Crippen MR) is 94.0 cm³/mol. The fraction of sp³-hybridized carbons (Fsp3) is 0.278. The van der Waals surface area contributed by atoms with Crippen LogP contribution in [0.2, 0.25) is 0 Å². The van der Waals surface area contributed by atoms with E-state index in [9.17, 15) is 9.18 Å². The Kier molecular flexibility index (Phi) is 5.16. The monoisotopic (exact) mass is 392 g/mol. The van der Waals surface area contributed by atoms with Gasteiger partial charge in [-0.1, -0.05) is 15.9 Å². The summed E-state index contributed by atoms with van der Waals surface area (Å²) in [7, 11) is 1.75. The lowest BCUT2D eigenvalue weighted by Gasteiger charge is -2.24. The molecule has 2 aromatic carbocycles. The number of rotatable bonds is 4. The van der Waals surface area contributed by atoms with Crippen LogP contribution >= 0.6 is 15.9 Å². The molecule has 0 aliphatic carbocycles. The normalized spacial score (nSPS) is 16.9. The maximum absolute atomic E-state index is 14.3. The van der Waals surface area contributed by atoms with Crippen molar-refractivity contribution in [2.24, 2.45) is 0 Å². The van der Waals surface area contributed by atoms with Crippen LogP contribution in [0.4, 0.5) is 4.39 Å². The molecule has 1 fully saturated rings. The van der Waals surface area contributed by atoms with E-state index in [0.29, 0.717) is 11.3 Å². The van der Waals surface area contributed by atoms with Gasteiger partial charge in [-0.15, -0.1) is 0 Å². The average Bonchev–Trinajstić information content (AvgIpc) is 3.12. The minimum atomic E-state index is -0.554. The number of benzene rings is 2. The van der Waals surface area contributed by atoms with Gasteiger partial charge in [-0.05, 0) is 55.4 Å². The summed E-state index contributed by atoms with van der Waals surface area (Å²) in [4.78, 5) is 14.1. The van der Waals surface area contributed by atoms with Crippen molar-refractivity contribution in [1.82, 2.24) is 10.2 Å². The first-order valence-electron chi connectivity index (χ1n) is 7.75. The molecule has 1 aliphatic heterocycles. The second-order valence-corrected chi connectivity index (χ2v) is 6.68. The zero-order valence-corrected chi connectivity index (χ0v) is 14.8. The van der Waals surface area contributed by atoms with Gasteiger partial charge in [0.05, 0.1) is 0 Å². The Balaban J connectivity index is 1.74. The molecule has 0 saturated carbocycles. The van der Waals surface area contributed by atoms with Crippen LogP contribution < -0.4 is 10.1 Å². The number of hydrogen-bond acceptors (Lipinski definition) is 3. The van der Waals surface area contributed by atoms with Crippen LogP contribution in [-0.4, -0.2) is 37.0 Å². The third kappa shape index (κ3) is 3.76. The highest BCUT2D eigenvalue weighted by molar-refractivity contribution is 9.10. The molecular weight excluding hydrogens is 375 g/mol. The lowest BCUT2D eigenvalue weighted by molar-refractivity contribution is 0.0743. The van der Waals surface area contributed by atoms with Gasteiger partial charge in [0.2, 0.25) is 0 Å². The molecule has 0 spiro atoms. The molecule has 2 aromatic rings. The summed E-state index contributed by atoms with van der Waals surface area (Å²) in [6, 6.07) is 11.6. The van der Waals surface area contributed by atoms with Crippen molar-refractivity contribution in [3.05, 3.63) is 58.3 Å². The third-order valence-electron chi connectivity index (χ3n) is 4.12. The fourth-order valence-electron chi connectivity index (χ4n) is 2.69. The van der Waals surface area contributed by atoms with Crippen LogP contribution in [0.25, 0.3) is 0 Å². The minimum Gasteiger partial charge on any atom is -0.454 e. The van der Waals surface area contributed by atoms with Crippen LogP contribution in [0.3, 0.4) is 0 Å². The lowest BCUT2D eigenvalue weighted by Crippen LogP contribution is -2.38. The fourth-order valence-corrected chi connectivity index (χ4v) is 2.95. The van der Waals surface area contributed by atoms with E-state index in [-0.39, 0.29) is 17.7 Å². The molecule has 1 aliphatic rings. The largest absolute Gasteiger partial charge is 0.454 e. The van der Waals surface area contributed by atoms with E-state index in [0.717, 1.165) is 24.0 Å². The van der Waals surface area contributed by atoms with Crippen LogP contribution in [0, 0.1) is 5.82 Å². The van der Waals surface area contributed by atoms with Gasteiger partial charge in [-0.3, -0.25) is 4.79 Å². The lowest BCUT2D eigenvalue weighted by atomic mass is 10.1. The van der Waals surface area contributed by atoms with Gasteiger partial charge in [0.1, 0.15) is 5.75 Å². The van der Waals surface area contributed by atoms with Gasteiger partial charge in [-0.2, -0.15) is 0 Å². The summed E-state index contributed by atoms with van der Waals surface area (Å²) in [6.07, 6.45) is 0.912. The van der Waals surface area contributed by atoms with Crippen LogP contribution in [0.15, 0.2) is 46.9 Å². The Labute approximate surface area is 148 Å². The number of nitrogens with one attached hydrogen (secondary N) is 1. The van der Waals surface area contributed by atoms with Gasteiger partial charge in [0.25, 0.3) is 5.91 Å². The maximum atomic E-state index is 14.3. The Hall–Kier alpha value is -1.92. The van der Waals surface area contributed by atoms with Gasteiger partial charge >= 0.3 is 0 Å². The second-order valence-electron chi connectivity index (χ2n) is 5.76. The Morgan fingerprint density at radius 3 is 2.67 bits per heavy atom. The van der Waals surface area contributed by atoms with Gasteiger partial charge < -0.3 is 15.0 Å².